The summed E-state index contributed by atoms with van der Waals surface area (Å²) in [6, 6.07) is 11.3. The number of ether oxygens (including phenoxy) is 1. The van der Waals surface area contributed by atoms with Crippen LogP contribution in [0.25, 0.3) is 10.9 Å². The van der Waals surface area contributed by atoms with Gasteiger partial charge < -0.3 is 14.7 Å². The van der Waals surface area contributed by atoms with Crippen LogP contribution in [0, 0.1) is 17.7 Å². The predicted molar refractivity (Wildman–Crippen MR) is 132 cm³/mol. The predicted octanol–water partition coefficient (Wildman–Crippen LogP) is 4.92. The first-order valence-electron chi connectivity index (χ1n) is 11.6. The summed E-state index contributed by atoms with van der Waals surface area (Å²) in [7, 11) is 1.59. The van der Waals surface area contributed by atoms with Crippen molar-refractivity contribution < 1.29 is 19.0 Å². The number of thioether (sulfide) groups is 1. The number of fused-ring (bicyclic) bond motifs is 1. The van der Waals surface area contributed by atoms with Crippen molar-refractivity contribution in [1.29, 1.82) is 0 Å². The van der Waals surface area contributed by atoms with Crippen LogP contribution in [0.4, 0.5) is 4.39 Å². The normalized spacial score (nSPS) is 18.8. The van der Waals surface area contributed by atoms with E-state index in [1.54, 1.807) is 25.1 Å². The van der Waals surface area contributed by atoms with Crippen LogP contribution in [0.3, 0.4) is 0 Å². The van der Waals surface area contributed by atoms with Gasteiger partial charge in [0.1, 0.15) is 11.6 Å². The molecular weight excluding hydrogens is 453 g/mol. The Morgan fingerprint density at radius 1 is 1.29 bits per heavy atom. The molecule has 0 aliphatic carbocycles. The van der Waals surface area contributed by atoms with E-state index >= 15 is 0 Å². The van der Waals surface area contributed by atoms with Crippen molar-refractivity contribution in [2.45, 2.75) is 30.7 Å². The topological polar surface area (TPSA) is 75.5 Å². The van der Waals surface area contributed by atoms with E-state index in [4.69, 9.17) is 4.74 Å². The number of nitrogens with zero attached hydrogens (tertiary/aromatic N) is 3. The lowest BCUT2D eigenvalue weighted by molar-refractivity contribution is -0.146. The van der Waals surface area contributed by atoms with E-state index in [-0.39, 0.29) is 11.7 Å². The molecule has 6 nitrogen and oxygen atoms in total. The van der Waals surface area contributed by atoms with Crippen LogP contribution in [0.5, 0.6) is 5.75 Å². The van der Waals surface area contributed by atoms with E-state index in [0.29, 0.717) is 24.3 Å². The Balaban J connectivity index is 1.32. The maximum absolute atomic E-state index is 14.6. The minimum Gasteiger partial charge on any atom is -0.497 e. The van der Waals surface area contributed by atoms with Gasteiger partial charge in [0.05, 0.1) is 29.8 Å². The van der Waals surface area contributed by atoms with Gasteiger partial charge in [-0.25, -0.2) is 9.37 Å². The molecule has 0 spiro atoms. The molecule has 1 aliphatic rings. The Hall–Kier alpha value is -2.71. The molecule has 0 amide bonds. The number of aryl methyl sites for hydroxylation is 1. The first-order chi connectivity index (χ1) is 16.5. The molecule has 0 saturated carbocycles. The van der Waals surface area contributed by atoms with Crippen molar-refractivity contribution >= 4 is 28.6 Å². The van der Waals surface area contributed by atoms with Gasteiger partial charge in [-0.05, 0) is 74.0 Å². The highest BCUT2D eigenvalue weighted by molar-refractivity contribution is 7.99. The molecule has 0 radical (unpaired) electrons. The quantitative estimate of drug-likeness (QED) is 0.411. The average molecular weight is 484 g/mol. The molecule has 1 N–H and O–H groups in total. The lowest BCUT2D eigenvalue weighted by atomic mass is 9.81. The van der Waals surface area contributed by atoms with Crippen molar-refractivity contribution in [3.63, 3.8) is 0 Å². The SMILES string of the molecule is COc1ccc2ncc(F)c(CCC[C@H]3CCN(CCSc4ccccn4)C[C@H]3C(=O)O)c2c1. The number of likely N-dealkylation sites (tertiary alicyclic amines) is 1. The maximum atomic E-state index is 14.6. The minimum atomic E-state index is -0.739. The van der Waals surface area contributed by atoms with Gasteiger partial charge in [-0.3, -0.25) is 9.78 Å². The standard InChI is InChI=1S/C26H30FN3O3S/c1-33-19-8-9-24-21(15-19)20(23(27)16-29-24)6-4-5-18-10-12-30(17-22(18)26(31)32)13-14-34-25-7-2-3-11-28-25/h2-3,7-9,11,15-16,18,22H,4-6,10,12-14,17H2,1H3,(H,31,32)/t18-,22+/m0/s1. The van der Waals surface area contributed by atoms with Gasteiger partial charge in [-0.1, -0.05) is 6.07 Å². The highest BCUT2D eigenvalue weighted by atomic mass is 32.2. The summed E-state index contributed by atoms with van der Waals surface area (Å²) < 4.78 is 19.9. The van der Waals surface area contributed by atoms with Crippen molar-refractivity contribution in [3.8, 4) is 5.75 Å². The second-order valence-electron chi connectivity index (χ2n) is 8.67. The van der Waals surface area contributed by atoms with E-state index in [1.807, 2.05) is 36.4 Å². The molecule has 1 aromatic carbocycles. The number of halogens is 1. The largest absolute Gasteiger partial charge is 0.497 e. The molecule has 34 heavy (non-hydrogen) atoms. The Bertz CT molecular complexity index is 1120. The molecule has 2 aromatic heterocycles. The molecule has 4 rings (SSSR count). The molecular formula is C26H30FN3O3S. The lowest BCUT2D eigenvalue weighted by Gasteiger charge is -2.36. The molecule has 2 atom stereocenters. The van der Waals surface area contributed by atoms with Crippen molar-refractivity contribution in [2.75, 3.05) is 32.5 Å². The second-order valence-corrected chi connectivity index (χ2v) is 9.79. The number of aliphatic carboxylic acids is 1. The molecule has 1 saturated heterocycles. The van der Waals surface area contributed by atoms with E-state index < -0.39 is 11.9 Å². The van der Waals surface area contributed by atoms with Gasteiger partial charge in [-0.2, -0.15) is 0 Å². The number of carboxylic acid groups (broad SMARTS) is 1. The second kappa shape index (κ2) is 11.6. The first-order valence-corrected chi connectivity index (χ1v) is 12.6. The number of hydrogen-bond donors (Lipinski definition) is 1. The Morgan fingerprint density at radius 3 is 2.94 bits per heavy atom. The molecule has 3 aromatic rings. The van der Waals surface area contributed by atoms with Gasteiger partial charge in [0.2, 0.25) is 0 Å². The number of pyridine rings is 2. The lowest BCUT2D eigenvalue weighted by Crippen LogP contribution is -2.44. The zero-order chi connectivity index (χ0) is 23.9. The van der Waals surface area contributed by atoms with Gasteiger partial charge in [0.15, 0.2) is 0 Å². The third-order valence-corrected chi connectivity index (χ3v) is 7.51. The third-order valence-electron chi connectivity index (χ3n) is 6.59. The van der Waals surface area contributed by atoms with Crippen molar-refractivity contribution in [3.05, 3.63) is 60.2 Å². The summed E-state index contributed by atoms with van der Waals surface area (Å²) >= 11 is 1.69. The van der Waals surface area contributed by atoms with Crippen LogP contribution in [-0.4, -0.2) is 58.4 Å². The third kappa shape index (κ3) is 6.04. The van der Waals surface area contributed by atoms with Crippen molar-refractivity contribution in [2.24, 2.45) is 11.8 Å². The van der Waals surface area contributed by atoms with E-state index in [2.05, 4.69) is 14.9 Å². The summed E-state index contributed by atoms with van der Waals surface area (Å²) in [5.74, 6) is 0.190. The number of piperidine rings is 1. The van der Waals surface area contributed by atoms with Gasteiger partial charge in [0, 0.05) is 30.4 Å². The van der Waals surface area contributed by atoms with Crippen LogP contribution < -0.4 is 4.74 Å². The number of rotatable bonds is 10. The Labute approximate surface area is 203 Å². The minimum absolute atomic E-state index is 0.0999. The summed E-state index contributed by atoms with van der Waals surface area (Å²) in [4.78, 5) is 22.8. The molecule has 0 bridgehead atoms. The van der Waals surface area contributed by atoms with Gasteiger partial charge in [0.25, 0.3) is 0 Å². The van der Waals surface area contributed by atoms with E-state index in [0.717, 1.165) is 54.0 Å². The Morgan fingerprint density at radius 2 is 2.18 bits per heavy atom. The summed E-state index contributed by atoms with van der Waals surface area (Å²) in [6.45, 7) is 2.29. The fourth-order valence-corrected chi connectivity index (χ4v) is 5.60. The molecule has 180 valence electrons. The summed E-state index contributed by atoms with van der Waals surface area (Å²) in [5.41, 5.74) is 1.36. The first kappa shape index (κ1) is 24.4. The summed E-state index contributed by atoms with van der Waals surface area (Å²) in [6.07, 6.45) is 5.94. The van der Waals surface area contributed by atoms with Gasteiger partial charge >= 0.3 is 5.97 Å². The molecule has 0 unspecified atom stereocenters. The number of methoxy groups -OCH3 is 1. The molecule has 1 aliphatic heterocycles. The number of aromatic nitrogens is 2. The highest BCUT2D eigenvalue weighted by Crippen LogP contribution is 2.31. The maximum Gasteiger partial charge on any atom is 0.308 e. The van der Waals surface area contributed by atoms with E-state index in [1.165, 1.54) is 6.20 Å². The number of benzene rings is 1. The Kier molecular flexibility index (Phi) is 8.34. The van der Waals surface area contributed by atoms with Crippen LogP contribution in [0.15, 0.2) is 53.8 Å². The van der Waals surface area contributed by atoms with Crippen LogP contribution in [0.2, 0.25) is 0 Å². The van der Waals surface area contributed by atoms with Crippen molar-refractivity contribution in [1.82, 2.24) is 14.9 Å². The number of carbonyl (C=O) groups is 1. The van der Waals surface area contributed by atoms with Crippen LogP contribution in [-0.2, 0) is 11.2 Å². The number of hydrogen-bond acceptors (Lipinski definition) is 6. The zero-order valence-electron chi connectivity index (χ0n) is 19.3. The smallest absolute Gasteiger partial charge is 0.308 e. The van der Waals surface area contributed by atoms with Crippen LogP contribution in [0.1, 0.15) is 24.8 Å². The fraction of sp³-hybridized carbons (Fsp3) is 0.423. The molecule has 3 heterocycles. The fourth-order valence-electron chi connectivity index (χ4n) is 4.73. The number of carboxylic acids is 1. The summed E-state index contributed by atoms with van der Waals surface area (Å²) in [5, 5.41) is 11.6. The average Bonchev–Trinajstić information content (AvgIpc) is 2.86. The zero-order valence-corrected chi connectivity index (χ0v) is 20.1. The highest BCUT2D eigenvalue weighted by Gasteiger charge is 2.33. The monoisotopic (exact) mass is 483 g/mol. The van der Waals surface area contributed by atoms with E-state index in [9.17, 15) is 14.3 Å². The van der Waals surface area contributed by atoms with Gasteiger partial charge in [-0.15, -0.1) is 11.8 Å². The van der Waals surface area contributed by atoms with Crippen LogP contribution >= 0.6 is 11.8 Å². The molecule has 8 heteroatoms. The molecule has 1 fully saturated rings.